The normalized spacial score (nSPS) is 18.2. The molecule has 6 heteroatoms. The molecule has 0 spiro atoms. The predicted molar refractivity (Wildman–Crippen MR) is 103 cm³/mol. The van der Waals surface area contributed by atoms with Crippen LogP contribution in [0.15, 0.2) is 64.5 Å². The molecule has 0 saturated heterocycles. The van der Waals surface area contributed by atoms with Gasteiger partial charge in [0.25, 0.3) is 0 Å². The molecule has 2 aromatic rings. The van der Waals surface area contributed by atoms with Crippen LogP contribution < -0.4 is 4.90 Å². The molecule has 0 N–H and O–H groups in total. The zero-order valence-electron chi connectivity index (χ0n) is 13.7. The SMILES string of the molecule is Cc1cccc(CC(=O)N(c2ccc(Br)cc2)[C@@H]2C=CS(=O)(=O)C2)c1. The Morgan fingerprint density at radius 1 is 1.20 bits per heavy atom. The molecule has 0 aliphatic carbocycles. The van der Waals surface area contributed by atoms with Gasteiger partial charge in [-0.1, -0.05) is 45.8 Å². The third kappa shape index (κ3) is 4.38. The molecule has 0 bridgehead atoms. The number of sulfone groups is 1. The summed E-state index contributed by atoms with van der Waals surface area (Å²) in [4.78, 5) is 14.6. The molecule has 1 amide bonds. The zero-order valence-corrected chi connectivity index (χ0v) is 16.1. The van der Waals surface area contributed by atoms with E-state index in [-0.39, 0.29) is 18.1 Å². The van der Waals surface area contributed by atoms with Crippen molar-refractivity contribution in [1.82, 2.24) is 0 Å². The van der Waals surface area contributed by atoms with Crippen LogP contribution in [0.2, 0.25) is 0 Å². The quantitative estimate of drug-likeness (QED) is 0.759. The van der Waals surface area contributed by atoms with Crippen LogP contribution in [0.25, 0.3) is 0 Å². The van der Waals surface area contributed by atoms with E-state index in [4.69, 9.17) is 0 Å². The van der Waals surface area contributed by atoms with Crippen molar-refractivity contribution >= 4 is 37.4 Å². The van der Waals surface area contributed by atoms with Gasteiger partial charge in [0.2, 0.25) is 5.91 Å². The summed E-state index contributed by atoms with van der Waals surface area (Å²) in [6.07, 6.45) is 1.81. The van der Waals surface area contributed by atoms with Crippen LogP contribution in [0.1, 0.15) is 11.1 Å². The average molecular weight is 420 g/mol. The Hall–Kier alpha value is -1.92. The number of nitrogens with zero attached hydrogens (tertiary/aromatic N) is 1. The highest BCUT2D eigenvalue weighted by atomic mass is 79.9. The van der Waals surface area contributed by atoms with Gasteiger partial charge >= 0.3 is 0 Å². The number of carbonyl (C=O) groups is 1. The van der Waals surface area contributed by atoms with Crippen LogP contribution in [0.5, 0.6) is 0 Å². The standard InChI is InChI=1S/C19H18BrNO3S/c1-14-3-2-4-15(11-14)12-19(22)21(17-7-5-16(20)6-8-17)18-9-10-25(23,24)13-18/h2-11,18H,12-13H2,1H3/t18-/m1/s1. The summed E-state index contributed by atoms with van der Waals surface area (Å²) in [5, 5.41) is 1.20. The number of anilines is 1. The fourth-order valence-electron chi connectivity index (χ4n) is 2.92. The lowest BCUT2D eigenvalue weighted by molar-refractivity contribution is -0.118. The van der Waals surface area contributed by atoms with E-state index >= 15 is 0 Å². The van der Waals surface area contributed by atoms with Crippen molar-refractivity contribution in [3.8, 4) is 0 Å². The van der Waals surface area contributed by atoms with Crippen LogP contribution in [0, 0.1) is 6.92 Å². The van der Waals surface area contributed by atoms with Gasteiger partial charge in [0, 0.05) is 15.6 Å². The Labute approximate surface area is 156 Å². The van der Waals surface area contributed by atoms with E-state index in [1.54, 1.807) is 11.0 Å². The highest BCUT2D eigenvalue weighted by Crippen LogP contribution is 2.25. The van der Waals surface area contributed by atoms with Crippen molar-refractivity contribution in [1.29, 1.82) is 0 Å². The van der Waals surface area contributed by atoms with Crippen LogP contribution >= 0.6 is 15.9 Å². The molecule has 2 aromatic carbocycles. The summed E-state index contributed by atoms with van der Waals surface area (Å²) in [7, 11) is -3.25. The van der Waals surface area contributed by atoms with E-state index in [0.29, 0.717) is 5.69 Å². The van der Waals surface area contributed by atoms with E-state index in [1.165, 1.54) is 5.41 Å². The first-order chi connectivity index (χ1) is 11.8. The summed E-state index contributed by atoms with van der Waals surface area (Å²) in [5.74, 6) is -0.206. The molecule has 0 unspecified atom stereocenters. The Bertz CT molecular complexity index is 920. The topological polar surface area (TPSA) is 54.5 Å². The fraction of sp³-hybridized carbons (Fsp3) is 0.211. The second kappa shape index (κ2) is 7.14. The van der Waals surface area contributed by atoms with Crippen LogP contribution in [0.4, 0.5) is 5.69 Å². The maximum atomic E-state index is 13.0. The summed E-state index contributed by atoms with van der Waals surface area (Å²) >= 11 is 3.38. The number of amides is 1. The molecule has 0 aromatic heterocycles. The minimum Gasteiger partial charge on any atom is -0.304 e. The largest absolute Gasteiger partial charge is 0.304 e. The number of carbonyl (C=O) groups excluding carboxylic acids is 1. The van der Waals surface area contributed by atoms with E-state index in [0.717, 1.165) is 15.6 Å². The zero-order chi connectivity index (χ0) is 18.0. The smallest absolute Gasteiger partial charge is 0.231 e. The minimum absolute atomic E-state index is 0.0807. The van der Waals surface area contributed by atoms with Gasteiger partial charge in [0.1, 0.15) is 0 Å². The van der Waals surface area contributed by atoms with Gasteiger partial charge in [-0.05, 0) is 42.8 Å². The molecule has 25 heavy (non-hydrogen) atoms. The van der Waals surface area contributed by atoms with E-state index in [2.05, 4.69) is 15.9 Å². The van der Waals surface area contributed by atoms with Crippen molar-refractivity contribution in [2.75, 3.05) is 10.7 Å². The molecule has 4 nitrogen and oxygen atoms in total. The molecule has 1 aliphatic heterocycles. The number of benzene rings is 2. The van der Waals surface area contributed by atoms with Crippen molar-refractivity contribution in [3.63, 3.8) is 0 Å². The Morgan fingerprint density at radius 2 is 1.92 bits per heavy atom. The Morgan fingerprint density at radius 3 is 2.52 bits per heavy atom. The fourth-order valence-corrected chi connectivity index (χ4v) is 4.46. The van der Waals surface area contributed by atoms with Crippen molar-refractivity contribution in [3.05, 3.63) is 75.6 Å². The molecular weight excluding hydrogens is 402 g/mol. The lowest BCUT2D eigenvalue weighted by Gasteiger charge is -2.28. The van der Waals surface area contributed by atoms with Crippen LogP contribution in [-0.4, -0.2) is 26.1 Å². The molecule has 130 valence electrons. The van der Waals surface area contributed by atoms with Gasteiger partial charge in [0.15, 0.2) is 9.84 Å². The van der Waals surface area contributed by atoms with Gasteiger partial charge in [0.05, 0.1) is 18.2 Å². The van der Waals surface area contributed by atoms with Crippen LogP contribution in [0.3, 0.4) is 0 Å². The van der Waals surface area contributed by atoms with Crippen LogP contribution in [-0.2, 0) is 21.1 Å². The van der Waals surface area contributed by atoms with Gasteiger partial charge in [-0.3, -0.25) is 4.79 Å². The molecule has 0 fully saturated rings. The molecule has 1 heterocycles. The predicted octanol–water partition coefficient (Wildman–Crippen LogP) is 3.64. The van der Waals surface area contributed by atoms with Gasteiger partial charge in [-0.25, -0.2) is 8.42 Å². The molecule has 3 rings (SSSR count). The van der Waals surface area contributed by atoms with E-state index in [1.807, 2.05) is 55.5 Å². The third-order valence-electron chi connectivity index (χ3n) is 4.05. The van der Waals surface area contributed by atoms with Crippen molar-refractivity contribution in [2.45, 2.75) is 19.4 Å². The molecule has 0 saturated carbocycles. The number of aryl methyl sites for hydroxylation is 1. The lowest BCUT2D eigenvalue weighted by atomic mass is 10.1. The first-order valence-electron chi connectivity index (χ1n) is 7.88. The van der Waals surface area contributed by atoms with Gasteiger partial charge in [-0.15, -0.1) is 0 Å². The summed E-state index contributed by atoms with van der Waals surface area (Å²) in [6.45, 7) is 1.98. The third-order valence-corrected chi connectivity index (χ3v) is 5.96. The molecular formula is C19H18BrNO3S. The summed E-state index contributed by atoms with van der Waals surface area (Å²) < 4.78 is 24.5. The lowest BCUT2D eigenvalue weighted by Crippen LogP contribution is -2.42. The molecule has 1 atom stereocenters. The molecule has 1 aliphatic rings. The first-order valence-corrected chi connectivity index (χ1v) is 10.4. The average Bonchev–Trinajstić information content (AvgIpc) is 2.89. The maximum Gasteiger partial charge on any atom is 0.231 e. The molecule has 0 radical (unpaired) electrons. The Kier molecular flexibility index (Phi) is 5.11. The van der Waals surface area contributed by atoms with E-state index < -0.39 is 15.9 Å². The van der Waals surface area contributed by atoms with Crippen molar-refractivity contribution in [2.24, 2.45) is 0 Å². The highest BCUT2D eigenvalue weighted by Gasteiger charge is 2.31. The second-order valence-corrected chi connectivity index (χ2v) is 8.98. The van der Waals surface area contributed by atoms with Gasteiger partial charge in [-0.2, -0.15) is 0 Å². The second-order valence-electron chi connectivity index (χ2n) is 6.13. The van der Waals surface area contributed by atoms with Crippen molar-refractivity contribution < 1.29 is 13.2 Å². The number of hydrogen-bond acceptors (Lipinski definition) is 3. The number of rotatable bonds is 4. The summed E-state index contributed by atoms with van der Waals surface area (Å²) in [6, 6.07) is 14.6. The monoisotopic (exact) mass is 419 g/mol. The maximum absolute atomic E-state index is 13.0. The first kappa shape index (κ1) is 17.9. The highest BCUT2D eigenvalue weighted by molar-refractivity contribution is 9.10. The minimum atomic E-state index is -3.25. The Balaban J connectivity index is 1.92. The van der Waals surface area contributed by atoms with E-state index in [9.17, 15) is 13.2 Å². The van der Waals surface area contributed by atoms with Gasteiger partial charge < -0.3 is 4.90 Å². The number of halogens is 1. The summed E-state index contributed by atoms with van der Waals surface area (Å²) in [5.41, 5.74) is 2.69. The number of hydrogen-bond donors (Lipinski definition) is 0.